The molecular weight excluding hydrogens is 228 g/mol. The number of fused-ring (bicyclic) bond motifs is 2. The first-order valence-corrected chi connectivity index (χ1v) is 6.74. The molecule has 3 aliphatic rings. The molecular formula is C15H20O3. The van der Waals surface area contributed by atoms with Crippen molar-refractivity contribution in [1.29, 1.82) is 0 Å². The van der Waals surface area contributed by atoms with Crippen molar-refractivity contribution in [3.63, 3.8) is 0 Å². The average Bonchev–Trinajstić information content (AvgIpc) is 2.59. The molecule has 2 aliphatic carbocycles. The third-order valence-corrected chi connectivity index (χ3v) is 5.23. The predicted molar refractivity (Wildman–Crippen MR) is 67.8 cm³/mol. The fraction of sp³-hybridized carbons (Fsp3) is 0.667. The Hall–Kier alpha value is -1.09. The third-order valence-electron chi connectivity index (χ3n) is 5.23. The molecule has 0 spiro atoms. The summed E-state index contributed by atoms with van der Waals surface area (Å²) in [6, 6.07) is 0. The van der Waals surface area contributed by atoms with Crippen LogP contribution < -0.4 is 0 Å². The van der Waals surface area contributed by atoms with Gasteiger partial charge in [-0.2, -0.15) is 0 Å². The normalized spacial score (nSPS) is 43.2. The number of esters is 1. The Morgan fingerprint density at radius 1 is 1.44 bits per heavy atom. The lowest BCUT2D eigenvalue weighted by Crippen LogP contribution is -2.42. The van der Waals surface area contributed by atoms with E-state index >= 15 is 0 Å². The molecule has 0 radical (unpaired) electrons. The molecule has 1 heterocycles. The summed E-state index contributed by atoms with van der Waals surface area (Å²) in [6.45, 7) is 6.31. The summed E-state index contributed by atoms with van der Waals surface area (Å²) in [7, 11) is 0. The van der Waals surface area contributed by atoms with Gasteiger partial charge in [0.1, 0.15) is 6.10 Å². The summed E-state index contributed by atoms with van der Waals surface area (Å²) in [5, 5.41) is 10.2. The molecule has 0 amide bonds. The molecule has 3 heteroatoms. The zero-order chi connectivity index (χ0) is 13.1. The van der Waals surface area contributed by atoms with Gasteiger partial charge in [-0.05, 0) is 54.7 Å². The second-order valence-electron chi connectivity index (χ2n) is 6.19. The molecule has 1 fully saturated rings. The van der Waals surface area contributed by atoms with Crippen molar-refractivity contribution >= 4 is 5.97 Å². The van der Waals surface area contributed by atoms with Crippen LogP contribution in [-0.4, -0.2) is 23.3 Å². The minimum atomic E-state index is -0.368. The zero-order valence-corrected chi connectivity index (χ0v) is 11.2. The van der Waals surface area contributed by atoms with E-state index in [1.807, 2.05) is 13.0 Å². The van der Waals surface area contributed by atoms with Crippen LogP contribution >= 0.6 is 0 Å². The zero-order valence-electron chi connectivity index (χ0n) is 11.2. The Morgan fingerprint density at radius 2 is 2.17 bits per heavy atom. The minimum Gasteiger partial charge on any atom is -0.450 e. The van der Waals surface area contributed by atoms with Gasteiger partial charge in [0.2, 0.25) is 0 Å². The quantitative estimate of drug-likeness (QED) is 0.529. The predicted octanol–water partition coefficient (Wildman–Crippen LogP) is 2.36. The fourth-order valence-electron chi connectivity index (χ4n) is 3.67. The third kappa shape index (κ3) is 1.43. The number of ether oxygens (including phenoxy) is 1. The van der Waals surface area contributed by atoms with E-state index in [0.29, 0.717) is 5.92 Å². The monoisotopic (exact) mass is 248 g/mol. The van der Waals surface area contributed by atoms with Crippen molar-refractivity contribution in [3.05, 3.63) is 22.8 Å². The summed E-state index contributed by atoms with van der Waals surface area (Å²) in [6.07, 6.45) is 4.11. The van der Waals surface area contributed by atoms with E-state index < -0.39 is 0 Å². The lowest BCUT2D eigenvalue weighted by atomic mass is 9.58. The van der Waals surface area contributed by atoms with E-state index in [1.54, 1.807) is 0 Å². The van der Waals surface area contributed by atoms with Gasteiger partial charge in [0.05, 0.1) is 6.10 Å². The topological polar surface area (TPSA) is 46.5 Å². The van der Waals surface area contributed by atoms with Gasteiger partial charge in [-0.1, -0.05) is 13.8 Å². The molecule has 1 saturated carbocycles. The van der Waals surface area contributed by atoms with Crippen LogP contribution in [0.5, 0.6) is 0 Å². The van der Waals surface area contributed by atoms with E-state index in [4.69, 9.17) is 4.74 Å². The van der Waals surface area contributed by atoms with E-state index in [2.05, 4.69) is 13.8 Å². The van der Waals surface area contributed by atoms with Crippen LogP contribution in [0.25, 0.3) is 0 Å². The number of aliphatic hydroxyl groups excluding tert-OH is 1. The number of hydrogen-bond donors (Lipinski definition) is 1. The van der Waals surface area contributed by atoms with Gasteiger partial charge in [0.25, 0.3) is 0 Å². The van der Waals surface area contributed by atoms with Crippen LogP contribution in [-0.2, 0) is 9.53 Å². The molecule has 0 aromatic heterocycles. The Balaban J connectivity index is 2.09. The van der Waals surface area contributed by atoms with Crippen molar-refractivity contribution in [2.24, 2.45) is 11.3 Å². The average molecular weight is 248 g/mol. The van der Waals surface area contributed by atoms with E-state index in [1.165, 1.54) is 0 Å². The smallest absolute Gasteiger partial charge is 0.334 e. The first kappa shape index (κ1) is 12.0. The lowest BCUT2D eigenvalue weighted by molar-refractivity contribution is -0.138. The summed E-state index contributed by atoms with van der Waals surface area (Å²) < 4.78 is 5.35. The van der Waals surface area contributed by atoms with Gasteiger partial charge in [0.15, 0.2) is 0 Å². The van der Waals surface area contributed by atoms with Crippen molar-refractivity contribution in [2.45, 2.75) is 52.2 Å². The second-order valence-corrected chi connectivity index (χ2v) is 6.19. The van der Waals surface area contributed by atoms with E-state index in [0.717, 1.165) is 36.0 Å². The Kier molecular flexibility index (Phi) is 2.46. The van der Waals surface area contributed by atoms with Crippen LogP contribution in [0.3, 0.4) is 0 Å². The number of rotatable bonds is 0. The highest BCUT2D eigenvalue weighted by atomic mass is 16.5. The first-order valence-electron chi connectivity index (χ1n) is 6.74. The van der Waals surface area contributed by atoms with Crippen molar-refractivity contribution in [2.75, 3.05) is 0 Å². The molecule has 1 unspecified atom stereocenters. The number of hydrogen-bond acceptors (Lipinski definition) is 3. The molecule has 0 saturated heterocycles. The first-order chi connectivity index (χ1) is 8.43. The summed E-state index contributed by atoms with van der Waals surface area (Å²) in [5.74, 6) is 0.334. The Bertz CT molecular complexity index is 474. The van der Waals surface area contributed by atoms with Crippen LogP contribution in [0.15, 0.2) is 22.8 Å². The van der Waals surface area contributed by atoms with Crippen LogP contribution in [0.2, 0.25) is 0 Å². The highest BCUT2D eigenvalue weighted by Gasteiger charge is 2.48. The molecule has 3 rings (SSSR count). The molecule has 0 aromatic carbocycles. The largest absolute Gasteiger partial charge is 0.450 e. The number of aliphatic hydroxyl groups is 1. The van der Waals surface area contributed by atoms with Gasteiger partial charge in [-0.25, -0.2) is 4.79 Å². The summed E-state index contributed by atoms with van der Waals surface area (Å²) >= 11 is 0. The molecule has 0 aromatic rings. The number of carbonyl (C=O) groups excluding carboxylic acids is 1. The van der Waals surface area contributed by atoms with Gasteiger partial charge in [-0.15, -0.1) is 0 Å². The maximum Gasteiger partial charge on any atom is 0.334 e. The van der Waals surface area contributed by atoms with Gasteiger partial charge in [0, 0.05) is 5.57 Å². The lowest BCUT2D eigenvalue weighted by Gasteiger charge is -2.47. The van der Waals surface area contributed by atoms with E-state index in [-0.39, 0.29) is 23.6 Å². The van der Waals surface area contributed by atoms with Gasteiger partial charge in [-0.3, -0.25) is 0 Å². The van der Waals surface area contributed by atoms with Gasteiger partial charge >= 0.3 is 5.97 Å². The molecule has 4 atom stereocenters. The van der Waals surface area contributed by atoms with Crippen molar-refractivity contribution < 1.29 is 14.6 Å². The van der Waals surface area contributed by atoms with Crippen LogP contribution in [0, 0.1) is 11.3 Å². The minimum absolute atomic E-state index is 0.0151. The fourth-order valence-corrected chi connectivity index (χ4v) is 3.67. The molecule has 3 nitrogen and oxygen atoms in total. The molecule has 1 N–H and O–H groups in total. The summed E-state index contributed by atoms with van der Waals surface area (Å²) in [5.41, 5.74) is 2.95. The molecule has 0 bridgehead atoms. The maximum atomic E-state index is 11.6. The molecule has 98 valence electrons. The van der Waals surface area contributed by atoms with E-state index in [9.17, 15) is 9.90 Å². The standard InChI is InChI=1S/C15H20O3/c1-8-4-5-12(16)11-6-13-10(7-15(8,11)3)9(2)14(17)18-13/h6,8,12-13,16H,4-5,7H2,1-3H3/t8-,12+,13?,15+/m0/s1. The molecule has 18 heavy (non-hydrogen) atoms. The number of carbonyl (C=O) groups is 1. The van der Waals surface area contributed by atoms with Crippen LogP contribution in [0.4, 0.5) is 0 Å². The second kappa shape index (κ2) is 3.70. The highest BCUT2D eigenvalue weighted by molar-refractivity contribution is 5.92. The Morgan fingerprint density at radius 3 is 2.89 bits per heavy atom. The Labute approximate surface area is 108 Å². The van der Waals surface area contributed by atoms with Crippen LogP contribution in [0.1, 0.15) is 40.0 Å². The van der Waals surface area contributed by atoms with Crippen molar-refractivity contribution in [1.82, 2.24) is 0 Å². The SMILES string of the molecule is CC1=C2C[C@@]3(C)C(=CC2OC1=O)[C@H](O)CC[C@@H]3C. The maximum absolute atomic E-state index is 11.6. The summed E-state index contributed by atoms with van der Waals surface area (Å²) in [4.78, 5) is 11.6. The molecule has 1 aliphatic heterocycles. The van der Waals surface area contributed by atoms with Crippen molar-refractivity contribution in [3.8, 4) is 0 Å². The highest BCUT2D eigenvalue weighted by Crippen LogP contribution is 2.53. The van der Waals surface area contributed by atoms with Gasteiger partial charge < -0.3 is 9.84 Å².